The summed E-state index contributed by atoms with van der Waals surface area (Å²) in [7, 11) is 0. The second-order valence-corrected chi connectivity index (χ2v) is 14.3. The highest BCUT2D eigenvalue weighted by atomic mass is 16.1. The van der Waals surface area contributed by atoms with Crippen LogP contribution in [0.3, 0.4) is 0 Å². The Morgan fingerprint density at radius 2 is 0.744 bits per heavy atom. The maximum Gasteiger partial charge on any atom is 0.163 e. The molecule has 212 valence electrons. The highest BCUT2D eigenvalue weighted by Crippen LogP contribution is 2.67. The van der Waals surface area contributed by atoms with Crippen molar-refractivity contribution >= 4 is 5.78 Å². The highest BCUT2D eigenvalue weighted by Gasteiger charge is 2.52. The van der Waals surface area contributed by atoms with Crippen LogP contribution in [0.25, 0.3) is 33.4 Å². The molecule has 0 bridgehead atoms. The largest absolute Gasteiger partial charge is 0.294 e. The fourth-order valence-electron chi connectivity index (χ4n) is 8.97. The summed E-state index contributed by atoms with van der Waals surface area (Å²) in [5.74, 6) is 0.301. The van der Waals surface area contributed by atoms with E-state index in [1.165, 1.54) is 72.3 Å². The SMILES string of the molecule is CC1(C)c2ccccc2-c2c1c1c(c3c2C(C)(C)c2ccccc2-3)C(C)(C)c2ccccc2-1.O=C1CCc2ccccc21. The molecule has 0 N–H and O–H groups in total. The van der Waals surface area contributed by atoms with Crippen LogP contribution >= 0.6 is 0 Å². The van der Waals surface area contributed by atoms with Crippen LogP contribution in [0.1, 0.15) is 97.3 Å². The van der Waals surface area contributed by atoms with E-state index in [1.54, 1.807) is 0 Å². The maximum absolute atomic E-state index is 11.1. The standard InChI is InChI=1S/C33H30.C9H8O/c1-31(2)22-16-10-7-13-19(22)25-28(31)26-20-14-8-11-17-23(20)32(3,4)30(26)27-21-15-9-12-18-24(21)33(5,6)29(25)27;10-9-6-5-7-3-1-2-4-8(7)9/h7-18H,1-6H3;1-4H,5-6H2. The lowest BCUT2D eigenvalue weighted by molar-refractivity contribution is 0.0994. The molecule has 0 spiro atoms. The minimum absolute atomic E-state index is 0.0383. The second-order valence-electron chi connectivity index (χ2n) is 14.3. The molecule has 5 aromatic carbocycles. The lowest BCUT2D eigenvalue weighted by atomic mass is 9.71. The lowest BCUT2D eigenvalue weighted by Crippen LogP contribution is -2.22. The fourth-order valence-corrected chi connectivity index (χ4v) is 8.97. The molecule has 0 atom stereocenters. The zero-order chi connectivity index (χ0) is 29.9. The van der Waals surface area contributed by atoms with Gasteiger partial charge in [-0.1, -0.05) is 139 Å². The van der Waals surface area contributed by atoms with Crippen molar-refractivity contribution in [2.45, 2.75) is 70.6 Å². The first-order valence-electron chi connectivity index (χ1n) is 15.7. The third-order valence-corrected chi connectivity index (χ3v) is 10.9. The molecule has 0 heterocycles. The Morgan fingerprint density at radius 1 is 0.419 bits per heavy atom. The van der Waals surface area contributed by atoms with E-state index in [0.717, 1.165) is 12.0 Å². The molecule has 1 heteroatoms. The third kappa shape index (κ3) is 3.31. The summed E-state index contributed by atoms with van der Waals surface area (Å²) in [6.07, 6.45) is 1.65. The normalized spacial score (nSPS) is 18.0. The van der Waals surface area contributed by atoms with Gasteiger partial charge < -0.3 is 0 Å². The van der Waals surface area contributed by atoms with Crippen molar-refractivity contribution in [1.29, 1.82) is 0 Å². The molecule has 43 heavy (non-hydrogen) atoms. The van der Waals surface area contributed by atoms with Gasteiger partial charge in [0.15, 0.2) is 5.78 Å². The summed E-state index contributed by atoms with van der Waals surface area (Å²) in [5, 5.41) is 0. The quantitative estimate of drug-likeness (QED) is 0.185. The van der Waals surface area contributed by atoms with Crippen molar-refractivity contribution in [3.63, 3.8) is 0 Å². The first-order valence-corrected chi connectivity index (χ1v) is 15.7. The van der Waals surface area contributed by atoms with E-state index < -0.39 is 0 Å². The van der Waals surface area contributed by atoms with Gasteiger partial charge in [0, 0.05) is 28.2 Å². The van der Waals surface area contributed by atoms with Crippen molar-refractivity contribution in [3.05, 3.63) is 142 Å². The highest BCUT2D eigenvalue weighted by molar-refractivity contribution is 6.04. The Morgan fingerprint density at radius 3 is 1.12 bits per heavy atom. The molecular formula is C42H38O. The molecule has 1 nitrogen and oxygen atoms in total. The second kappa shape index (κ2) is 8.66. The molecule has 0 saturated heterocycles. The first-order chi connectivity index (χ1) is 20.6. The van der Waals surface area contributed by atoms with Crippen molar-refractivity contribution in [2.24, 2.45) is 0 Å². The Kier molecular flexibility index (Phi) is 5.32. The van der Waals surface area contributed by atoms with Crippen LogP contribution in [0, 0.1) is 0 Å². The number of fused-ring (bicyclic) bond motifs is 13. The van der Waals surface area contributed by atoms with Crippen molar-refractivity contribution < 1.29 is 4.79 Å². The van der Waals surface area contributed by atoms with Gasteiger partial charge in [-0.25, -0.2) is 0 Å². The van der Waals surface area contributed by atoms with Gasteiger partial charge >= 0.3 is 0 Å². The molecule has 5 aromatic rings. The first kappa shape index (κ1) is 26.4. The van der Waals surface area contributed by atoms with Crippen molar-refractivity contribution in [1.82, 2.24) is 0 Å². The van der Waals surface area contributed by atoms with Gasteiger partial charge in [0.2, 0.25) is 0 Å². The summed E-state index contributed by atoms with van der Waals surface area (Å²) in [5.41, 5.74) is 19.8. The van der Waals surface area contributed by atoms with E-state index in [-0.39, 0.29) is 16.2 Å². The topological polar surface area (TPSA) is 17.1 Å². The Hall–Kier alpha value is -4.23. The molecule has 0 fully saturated rings. The van der Waals surface area contributed by atoms with E-state index in [1.807, 2.05) is 24.3 Å². The lowest BCUT2D eigenvalue weighted by Gasteiger charge is -2.31. The van der Waals surface area contributed by atoms with Crippen LogP contribution in [0.5, 0.6) is 0 Å². The van der Waals surface area contributed by atoms with E-state index in [4.69, 9.17) is 0 Å². The number of rotatable bonds is 0. The van der Waals surface area contributed by atoms with E-state index >= 15 is 0 Å². The van der Waals surface area contributed by atoms with E-state index in [0.29, 0.717) is 12.2 Å². The van der Waals surface area contributed by atoms with Gasteiger partial charge in [0.25, 0.3) is 0 Å². The monoisotopic (exact) mass is 558 g/mol. The summed E-state index contributed by atoms with van der Waals surface area (Å²) >= 11 is 0. The molecule has 0 radical (unpaired) electrons. The molecule has 0 aromatic heterocycles. The van der Waals surface area contributed by atoms with Gasteiger partial charge in [-0.05, 0) is 78.7 Å². The van der Waals surface area contributed by atoms with Crippen molar-refractivity contribution in [3.8, 4) is 33.4 Å². The van der Waals surface area contributed by atoms with Gasteiger partial charge in [-0.2, -0.15) is 0 Å². The van der Waals surface area contributed by atoms with Crippen LogP contribution in [0.4, 0.5) is 0 Å². The summed E-state index contributed by atoms with van der Waals surface area (Å²) in [4.78, 5) is 11.1. The van der Waals surface area contributed by atoms with Crippen molar-refractivity contribution in [2.75, 3.05) is 0 Å². The van der Waals surface area contributed by atoms with E-state index in [9.17, 15) is 4.79 Å². The zero-order valence-corrected chi connectivity index (χ0v) is 26.1. The minimum atomic E-state index is -0.0383. The molecular weight excluding hydrogens is 520 g/mol. The summed E-state index contributed by atoms with van der Waals surface area (Å²) < 4.78 is 0. The molecule has 4 aliphatic rings. The number of carbonyl (C=O) groups excluding carboxylic acids is 1. The average molecular weight is 559 g/mol. The average Bonchev–Trinajstić information content (AvgIpc) is 3.65. The zero-order valence-electron chi connectivity index (χ0n) is 26.1. The van der Waals surface area contributed by atoms with Gasteiger partial charge in [-0.3, -0.25) is 4.79 Å². The number of benzene rings is 5. The maximum atomic E-state index is 11.1. The molecule has 0 aliphatic heterocycles. The van der Waals surface area contributed by atoms with Gasteiger partial charge in [0.1, 0.15) is 0 Å². The fraction of sp³-hybridized carbons (Fsp3) is 0.262. The van der Waals surface area contributed by atoms with Crippen LogP contribution in [-0.2, 0) is 22.7 Å². The summed E-state index contributed by atoms with van der Waals surface area (Å²) in [6, 6.07) is 35.3. The molecule has 0 unspecified atom stereocenters. The van der Waals surface area contributed by atoms with Crippen LogP contribution < -0.4 is 0 Å². The van der Waals surface area contributed by atoms with E-state index in [2.05, 4.69) is 114 Å². The third-order valence-electron chi connectivity index (χ3n) is 10.9. The Balaban J connectivity index is 0.000000235. The van der Waals surface area contributed by atoms with Crippen LogP contribution in [-0.4, -0.2) is 5.78 Å². The molecule has 0 saturated carbocycles. The molecule has 4 aliphatic carbocycles. The Labute approximate surface area is 255 Å². The van der Waals surface area contributed by atoms with Gasteiger partial charge in [0.05, 0.1) is 0 Å². The van der Waals surface area contributed by atoms with Crippen LogP contribution in [0.2, 0.25) is 0 Å². The smallest absolute Gasteiger partial charge is 0.163 e. The molecule has 9 rings (SSSR count). The predicted molar refractivity (Wildman–Crippen MR) is 178 cm³/mol. The molecule has 0 amide bonds. The Bertz CT molecular complexity index is 1810. The van der Waals surface area contributed by atoms with Gasteiger partial charge in [-0.15, -0.1) is 0 Å². The number of carbonyl (C=O) groups is 1. The number of Topliss-reactive ketones (excluding diaryl/α,β-unsaturated/α-hetero) is 1. The number of aryl methyl sites for hydroxylation is 1. The summed E-state index contributed by atoms with van der Waals surface area (Å²) in [6.45, 7) is 14.6. The minimum Gasteiger partial charge on any atom is -0.294 e. The van der Waals surface area contributed by atoms with Crippen LogP contribution in [0.15, 0.2) is 97.1 Å². The number of hydrogen-bond donors (Lipinski definition) is 0. The number of hydrogen-bond acceptors (Lipinski definition) is 1. The predicted octanol–water partition coefficient (Wildman–Crippen LogP) is 10.4. The number of ketones is 1.